The molecule has 1 aliphatic carbocycles. The Balaban J connectivity index is 1.95. The highest BCUT2D eigenvalue weighted by molar-refractivity contribution is 7.99. The minimum Gasteiger partial charge on any atom is -0.442 e. The molecule has 1 aromatic carbocycles. The maximum atomic E-state index is 10.9. The number of rotatable bonds is 5. The number of nitriles is 1. The number of benzene rings is 1. The first-order chi connectivity index (χ1) is 12.0. The van der Waals surface area contributed by atoms with Gasteiger partial charge in [0, 0.05) is 23.4 Å². The van der Waals surface area contributed by atoms with Crippen molar-refractivity contribution in [3.63, 3.8) is 0 Å². The smallest absolute Gasteiger partial charge is 0.404 e. The molecule has 0 unspecified atom stereocenters. The lowest BCUT2D eigenvalue weighted by atomic mass is 10.2. The van der Waals surface area contributed by atoms with Crippen LogP contribution in [-0.4, -0.2) is 15.6 Å². The van der Waals surface area contributed by atoms with Crippen molar-refractivity contribution in [1.29, 1.82) is 5.26 Å². The number of ether oxygens (including phenoxy) is 1. The Morgan fingerprint density at radius 3 is 2.92 bits per heavy atom. The Bertz CT molecular complexity index is 886. The third-order valence-electron chi connectivity index (χ3n) is 3.83. The molecule has 0 saturated heterocycles. The summed E-state index contributed by atoms with van der Waals surface area (Å²) in [5, 5.41) is 10.1. The Kier molecular flexibility index (Phi) is 4.64. The van der Waals surface area contributed by atoms with Gasteiger partial charge in [-0.15, -0.1) is 0 Å². The monoisotopic (exact) mass is 353 g/mol. The lowest BCUT2D eigenvalue weighted by Gasteiger charge is -2.08. The molecule has 2 N–H and O–H groups in total. The highest BCUT2D eigenvalue weighted by atomic mass is 32.2. The van der Waals surface area contributed by atoms with E-state index in [1.54, 1.807) is 18.2 Å². The number of imidazole rings is 1. The first-order valence-corrected chi connectivity index (χ1v) is 8.41. The fourth-order valence-electron chi connectivity index (χ4n) is 2.44. The van der Waals surface area contributed by atoms with Crippen LogP contribution in [-0.2, 0) is 18.4 Å². The predicted molar refractivity (Wildman–Crippen MR) is 91.1 cm³/mol. The van der Waals surface area contributed by atoms with Crippen LogP contribution in [0.5, 0.6) is 0 Å². The van der Waals surface area contributed by atoms with Crippen LogP contribution in [0, 0.1) is 17.9 Å². The minimum absolute atomic E-state index is 0.0116. The molecule has 7 nitrogen and oxygen atoms in total. The van der Waals surface area contributed by atoms with Gasteiger partial charge >= 0.3 is 6.09 Å². The summed E-state index contributed by atoms with van der Waals surface area (Å²) >= 11 is 1.46. The van der Waals surface area contributed by atoms with Crippen molar-refractivity contribution in [1.82, 2.24) is 9.55 Å². The molecular formula is C17H15N5O2S. The molecule has 0 bridgehead atoms. The lowest BCUT2D eigenvalue weighted by molar-refractivity contribution is 0.146. The molecule has 8 heteroatoms. The van der Waals surface area contributed by atoms with E-state index < -0.39 is 6.09 Å². The summed E-state index contributed by atoms with van der Waals surface area (Å²) < 4.78 is 6.74. The van der Waals surface area contributed by atoms with Crippen molar-refractivity contribution in [3.8, 4) is 6.07 Å². The second kappa shape index (κ2) is 6.88. The topological polar surface area (TPSA) is 98.3 Å². The SMILES string of the molecule is [C-]#[N+]c1cc(C#N)cc(Sc2c(C3CC3)nc(COC(N)=O)n2C)c1. The molecule has 0 radical (unpaired) electrons. The van der Waals surface area contributed by atoms with E-state index in [9.17, 15) is 4.79 Å². The molecule has 126 valence electrons. The molecule has 25 heavy (non-hydrogen) atoms. The van der Waals surface area contributed by atoms with E-state index in [1.807, 2.05) is 11.6 Å². The standard InChI is InChI=1S/C17H15N5O2S/c1-20-12-5-10(8-18)6-13(7-12)25-16-15(11-3-4-11)21-14(22(16)2)9-24-17(19)23/h5-7,11H,3-4,9H2,2H3,(H2,19,23). The second-order valence-electron chi connectivity index (χ2n) is 5.70. The van der Waals surface area contributed by atoms with Gasteiger partial charge in [-0.25, -0.2) is 14.6 Å². The molecule has 1 saturated carbocycles. The van der Waals surface area contributed by atoms with Gasteiger partial charge in [0.25, 0.3) is 0 Å². The van der Waals surface area contributed by atoms with Gasteiger partial charge in [0.05, 0.1) is 18.3 Å². The van der Waals surface area contributed by atoms with Gasteiger partial charge in [0.2, 0.25) is 0 Å². The molecule has 1 fully saturated rings. The average Bonchev–Trinajstić information content (AvgIpc) is 3.40. The van der Waals surface area contributed by atoms with Crippen LogP contribution in [0.15, 0.2) is 28.1 Å². The van der Waals surface area contributed by atoms with Gasteiger partial charge < -0.3 is 15.0 Å². The molecule has 0 atom stereocenters. The molecule has 1 heterocycles. The Morgan fingerprint density at radius 1 is 1.56 bits per heavy atom. The highest BCUT2D eigenvalue weighted by Gasteiger charge is 2.31. The Hall–Kier alpha value is -2.97. The van der Waals surface area contributed by atoms with Crippen LogP contribution < -0.4 is 5.73 Å². The Morgan fingerprint density at radius 2 is 2.32 bits per heavy atom. The van der Waals surface area contributed by atoms with Gasteiger partial charge in [-0.3, -0.25) is 0 Å². The van der Waals surface area contributed by atoms with E-state index in [0.717, 1.165) is 28.5 Å². The van der Waals surface area contributed by atoms with Crippen molar-refractivity contribution < 1.29 is 9.53 Å². The summed E-state index contributed by atoms with van der Waals surface area (Å²) in [6.45, 7) is 7.19. The summed E-state index contributed by atoms with van der Waals surface area (Å²) in [4.78, 5) is 19.7. The maximum absolute atomic E-state index is 10.9. The van der Waals surface area contributed by atoms with Crippen LogP contribution >= 0.6 is 11.8 Å². The summed E-state index contributed by atoms with van der Waals surface area (Å²) in [7, 11) is 1.85. The van der Waals surface area contributed by atoms with E-state index in [4.69, 9.17) is 22.3 Å². The predicted octanol–water partition coefficient (Wildman–Crippen LogP) is 3.47. The fourth-order valence-corrected chi connectivity index (χ4v) is 3.59. The molecule has 2 aromatic rings. The Labute approximate surface area is 149 Å². The number of hydrogen-bond acceptors (Lipinski definition) is 5. The van der Waals surface area contributed by atoms with Crippen molar-refractivity contribution >= 4 is 23.5 Å². The third kappa shape index (κ3) is 3.76. The fraction of sp³-hybridized carbons (Fsp3) is 0.294. The van der Waals surface area contributed by atoms with Crippen LogP contribution in [0.3, 0.4) is 0 Å². The van der Waals surface area contributed by atoms with E-state index in [-0.39, 0.29) is 6.61 Å². The normalized spacial score (nSPS) is 13.1. The number of carbonyl (C=O) groups excluding carboxylic acids is 1. The maximum Gasteiger partial charge on any atom is 0.404 e. The number of nitrogens with zero attached hydrogens (tertiary/aromatic N) is 4. The number of primary amides is 1. The van der Waals surface area contributed by atoms with Gasteiger partial charge in [0.15, 0.2) is 12.3 Å². The zero-order valence-corrected chi connectivity index (χ0v) is 14.3. The molecule has 3 rings (SSSR count). The van der Waals surface area contributed by atoms with Crippen molar-refractivity contribution in [3.05, 3.63) is 46.7 Å². The van der Waals surface area contributed by atoms with E-state index >= 15 is 0 Å². The lowest BCUT2D eigenvalue weighted by Crippen LogP contribution is -2.14. The van der Waals surface area contributed by atoms with Crippen LogP contribution in [0.1, 0.15) is 35.8 Å². The summed E-state index contributed by atoms with van der Waals surface area (Å²) in [6.07, 6.45) is 1.31. The van der Waals surface area contributed by atoms with Crippen molar-refractivity contribution in [2.75, 3.05) is 0 Å². The quantitative estimate of drug-likeness (QED) is 0.830. The van der Waals surface area contributed by atoms with E-state index in [0.29, 0.717) is 23.0 Å². The largest absolute Gasteiger partial charge is 0.442 e. The average molecular weight is 353 g/mol. The molecule has 1 aromatic heterocycles. The van der Waals surface area contributed by atoms with E-state index in [1.165, 1.54) is 11.8 Å². The number of hydrogen-bond donors (Lipinski definition) is 1. The summed E-state index contributed by atoms with van der Waals surface area (Å²) in [5.41, 5.74) is 6.87. The molecule has 0 spiro atoms. The molecule has 1 aliphatic rings. The molecular weight excluding hydrogens is 338 g/mol. The summed E-state index contributed by atoms with van der Waals surface area (Å²) in [5.74, 6) is 1.01. The second-order valence-corrected chi connectivity index (χ2v) is 6.76. The first kappa shape index (κ1) is 16.9. The number of nitrogens with two attached hydrogens (primary N) is 1. The third-order valence-corrected chi connectivity index (χ3v) is 4.98. The highest BCUT2D eigenvalue weighted by Crippen LogP contribution is 2.45. The van der Waals surface area contributed by atoms with Crippen molar-refractivity contribution in [2.45, 2.75) is 35.3 Å². The summed E-state index contributed by atoms with van der Waals surface area (Å²) in [6, 6.07) is 7.15. The molecule has 0 aliphatic heterocycles. The zero-order valence-electron chi connectivity index (χ0n) is 13.5. The van der Waals surface area contributed by atoms with Gasteiger partial charge in [0.1, 0.15) is 10.9 Å². The number of carbonyl (C=O) groups is 1. The van der Waals surface area contributed by atoms with Gasteiger partial charge in [-0.05, 0) is 31.0 Å². The first-order valence-electron chi connectivity index (χ1n) is 7.60. The van der Waals surface area contributed by atoms with E-state index in [2.05, 4.69) is 15.9 Å². The minimum atomic E-state index is -0.839. The zero-order chi connectivity index (χ0) is 18.0. The van der Waals surface area contributed by atoms with Crippen LogP contribution in [0.25, 0.3) is 4.85 Å². The van der Waals surface area contributed by atoms with Crippen LogP contribution in [0.2, 0.25) is 0 Å². The van der Waals surface area contributed by atoms with Gasteiger partial charge in [-0.2, -0.15) is 5.26 Å². The number of aromatic nitrogens is 2. The van der Waals surface area contributed by atoms with Crippen LogP contribution in [0.4, 0.5) is 10.5 Å². The van der Waals surface area contributed by atoms with Gasteiger partial charge in [-0.1, -0.05) is 11.8 Å². The number of amides is 1. The van der Waals surface area contributed by atoms with Crippen molar-refractivity contribution in [2.24, 2.45) is 12.8 Å². The molecule has 1 amide bonds.